The predicted octanol–water partition coefficient (Wildman–Crippen LogP) is 3.31. The zero-order valence-electron chi connectivity index (χ0n) is 18.3. The Balaban J connectivity index is 1.39. The number of aryl methyl sites for hydroxylation is 1. The molecule has 3 aromatic rings. The van der Waals surface area contributed by atoms with Gasteiger partial charge in [-0.15, -0.1) is 0 Å². The lowest BCUT2D eigenvalue weighted by Gasteiger charge is -2.26. The number of ether oxygens (including phenoxy) is 1. The van der Waals surface area contributed by atoms with Crippen molar-refractivity contribution in [2.24, 2.45) is 0 Å². The second-order valence-electron chi connectivity index (χ2n) is 8.06. The van der Waals surface area contributed by atoms with Gasteiger partial charge in [-0.2, -0.15) is 5.10 Å². The van der Waals surface area contributed by atoms with Crippen molar-refractivity contribution in [3.63, 3.8) is 0 Å². The number of morpholine rings is 1. The SMILES string of the molecule is Cc1nn(Cc2ccccc2)c(C)c1CNC(=O)c1cccc(CN2CCOCC2)c1. The van der Waals surface area contributed by atoms with Crippen molar-refractivity contribution in [1.29, 1.82) is 0 Å². The molecule has 1 aliphatic rings. The standard InChI is InChI=1S/C25H30N4O2/c1-19-24(20(2)29(27-19)18-21-7-4-3-5-8-21)16-26-25(30)23-10-6-9-22(15-23)17-28-11-13-31-14-12-28/h3-10,15H,11-14,16-18H2,1-2H3,(H,26,30). The van der Waals surface area contributed by atoms with Gasteiger partial charge in [-0.05, 0) is 37.1 Å². The highest BCUT2D eigenvalue weighted by molar-refractivity contribution is 5.94. The number of benzene rings is 2. The molecule has 1 aromatic heterocycles. The van der Waals surface area contributed by atoms with Gasteiger partial charge in [0, 0.05) is 43.0 Å². The van der Waals surface area contributed by atoms with E-state index in [0.717, 1.165) is 61.9 Å². The number of nitrogens with zero attached hydrogens (tertiary/aromatic N) is 3. The minimum atomic E-state index is -0.0570. The molecule has 6 heteroatoms. The van der Waals surface area contributed by atoms with Gasteiger partial charge in [-0.1, -0.05) is 42.5 Å². The molecule has 0 aliphatic carbocycles. The molecule has 2 heterocycles. The average Bonchev–Trinajstić information content (AvgIpc) is 3.06. The lowest BCUT2D eigenvalue weighted by Crippen LogP contribution is -2.35. The van der Waals surface area contributed by atoms with Crippen molar-refractivity contribution in [3.8, 4) is 0 Å². The van der Waals surface area contributed by atoms with Crippen LogP contribution in [-0.2, 0) is 24.4 Å². The molecule has 1 N–H and O–H groups in total. The molecule has 6 nitrogen and oxygen atoms in total. The molecule has 1 saturated heterocycles. The van der Waals surface area contributed by atoms with E-state index in [9.17, 15) is 4.79 Å². The smallest absolute Gasteiger partial charge is 0.251 e. The highest BCUT2D eigenvalue weighted by Crippen LogP contribution is 2.16. The predicted molar refractivity (Wildman–Crippen MR) is 121 cm³/mol. The molecule has 1 fully saturated rings. The van der Waals surface area contributed by atoms with Crippen LogP contribution in [0.3, 0.4) is 0 Å². The minimum Gasteiger partial charge on any atom is -0.379 e. The van der Waals surface area contributed by atoms with E-state index in [-0.39, 0.29) is 5.91 Å². The van der Waals surface area contributed by atoms with Crippen LogP contribution in [0.5, 0.6) is 0 Å². The number of aromatic nitrogens is 2. The summed E-state index contributed by atoms with van der Waals surface area (Å²) in [5.41, 5.74) is 6.17. The number of hydrogen-bond acceptors (Lipinski definition) is 4. The van der Waals surface area contributed by atoms with E-state index in [0.29, 0.717) is 12.1 Å². The molecule has 4 rings (SSSR count). The van der Waals surface area contributed by atoms with E-state index in [1.165, 1.54) is 5.56 Å². The Morgan fingerprint density at radius 3 is 2.52 bits per heavy atom. The Kier molecular flexibility index (Phi) is 6.79. The van der Waals surface area contributed by atoms with Crippen molar-refractivity contribution in [3.05, 3.63) is 88.2 Å². The van der Waals surface area contributed by atoms with Crippen molar-refractivity contribution in [1.82, 2.24) is 20.0 Å². The Morgan fingerprint density at radius 1 is 1.00 bits per heavy atom. The zero-order chi connectivity index (χ0) is 21.6. The van der Waals surface area contributed by atoms with Crippen LogP contribution >= 0.6 is 0 Å². The number of nitrogens with one attached hydrogen (secondary N) is 1. The summed E-state index contributed by atoms with van der Waals surface area (Å²) in [6, 6.07) is 18.2. The maximum absolute atomic E-state index is 12.8. The third-order valence-corrected chi connectivity index (χ3v) is 5.83. The maximum Gasteiger partial charge on any atom is 0.251 e. The molecular weight excluding hydrogens is 388 g/mol. The van der Waals surface area contributed by atoms with E-state index in [4.69, 9.17) is 4.74 Å². The summed E-state index contributed by atoms with van der Waals surface area (Å²) in [6.07, 6.45) is 0. The van der Waals surface area contributed by atoms with Gasteiger partial charge in [0.15, 0.2) is 0 Å². The molecule has 0 saturated carbocycles. The molecule has 1 aliphatic heterocycles. The summed E-state index contributed by atoms with van der Waals surface area (Å²) in [5, 5.41) is 7.76. The number of amides is 1. The van der Waals surface area contributed by atoms with Crippen LogP contribution in [0.25, 0.3) is 0 Å². The van der Waals surface area contributed by atoms with Crippen LogP contribution in [0.15, 0.2) is 54.6 Å². The second-order valence-corrected chi connectivity index (χ2v) is 8.06. The fraction of sp³-hybridized carbons (Fsp3) is 0.360. The van der Waals surface area contributed by atoms with Gasteiger partial charge in [0.05, 0.1) is 25.5 Å². The van der Waals surface area contributed by atoms with E-state index in [1.54, 1.807) is 0 Å². The quantitative estimate of drug-likeness (QED) is 0.640. The Hall–Kier alpha value is -2.96. The number of hydrogen-bond donors (Lipinski definition) is 1. The van der Waals surface area contributed by atoms with Gasteiger partial charge in [0.2, 0.25) is 0 Å². The first-order chi connectivity index (χ1) is 15.1. The number of carbonyl (C=O) groups is 1. The highest BCUT2D eigenvalue weighted by atomic mass is 16.5. The van der Waals surface area contributed by atoms with Gasteiger partial charge in [0.1, 0.15) is 0 Å². The third kappa shape index (κ3) is 5.40. The average molecular weight is 419 g/mol. The first kappa shape index (κ1) is 21.3. The van der Waals surface area contributed by atoms with E-state index >= 15 is 0 Å². The Bertz CT molecular complexity index is 1020. The molecule has 162 valence electrons. The van der Waals surface area contributed by atoms with Gasteiger partial charge >= 0.3 is 0 Å². The van der Waals surface area contributed by atoms with Crippen LogP contribution in [0.4, 0.5) is 0 Å². The van der Waals surface area contributed by atoms with Gasteiger partial charge < -0.3 is 10.1 Å². The first-order valence-electron chi connectivity index (χ1n) is 10.8. The summed E-state index contributed by atoms with van der Waals surface area (Å²) in [4.78, 5) is 15.2. The molecule has 0 unspecified atom stereocenters. The fourth-order valence-corrected chi connectivity index (χ4v) is 4.00. The molecule has 31 heavy (non-hydrogen) atoms. The lowest BCUT2D eigenvalue weighted by atomic mass is 10.1. The topological polar surface area (TPSA) is 59.4 Å². The van der Waals surface area contributed by atoms with Crippen LogP contribution < -0.4 is 5.32 Å². The summed E-state index contributed by atoms with van der Waals surface area (Å²) in [6.45, 7) is 9.52. The normalized spacial score (nSPS) is 14.5. The van der Waals surface area contributed by atoms with Crippen LogP contribution in [0.1, 0.15) is 38.4 Å². The molecule has 1 amide bonds. The largest absolute Gasteiger partial charge is 0.379 e. The minimum absolute atomic E-state index is 0.0570. The third-order valence-electron chi connectivity index (χ3n) is 5.83. The van der Waals surface area contributed by atoms with Crippen LogP contribution in [-0.4, -0.2) is 46.9 Å². The maximum atomic E-state index is 12.8. The van der Waals surface area contributed by atoms with Gasteiger partial charge in [0.25, 0.3) is 5.91 Å². The first-order valence-corrected chi connectivity index (χ1v) is 10.8. The molecule has 0 bridgehead atoms. The summed E-state index contributed by atoms with van der Waals surface area (Å²) < 4.78 is 7.42. The Labute approximate surface area is 183 Å². The van der Waals surface area contributed by atoms with Crippen LogP contribution in [0, 0.1) is 13.8 Å². The fourth-order valence-electron chi connectivity index (χ4n) is 4.00. The van der Waals surface area contributed by atoms with Gasteiger partial charge in [-0.25, -0.2) is 0 Å². The second kappa shape index (κ2) is 9.90. The van der Waals surface area contributed by atoms with Crippen molar-refractivity contribution < 1.29 is 9.53 Å². The van der Waals surface area contributed by atoms with Crippen molar-refractivity contribution >= 4 is 5.91 Å². The molecular formula is C25H30N4O2. The number of rotatable bonds is 7. The van der Waals surface area contributed by atoms with Gasteiger partial charge in [-0.3, -0.25) is 14.4 Å². The molecule has 0 radical (unpaired) electrons. The summed E-state index contributed by atoms with van der Waals surface area (Å²) >= 11 is 0. The molecule has 0 spiro atoms. The zero-order valence-corrected chi connectivity index (χ0v) is 18.3. The van der Waals surface area contributed by atoms with Crippen molar-refractivity contribution in [2.75, 3.05) is 26.3 Å². The van der Waals surface area contributed by atoms with Crippen LogP contribution in [0.2, 0.25) is 0 Å². The number of carbonyl (C=O) groups excluding carboxylic acids is 1. The summed E-state index contributed by atoms with van der Waals surface area (Å²) in [7, 11) is 0. The Morgan fingerprint density at radius 2 is 1.74 bits per heavy atom. The van der Waals surface area contributed by atoms with E-state index < -0.39 is 0 Å². The monoisotopic (exact) mass is 418 g/mol. The van der Waals surface area contributed by atoms with E-state index in [2.05, 4.69) is 40.4 Å². The lowest BCUT2D eigenvalue weighted by molar-refractivity contribution is 0.0342. The van der Waals surface area contributed by atoms with E-state index in [1.807, 2.05) is 48.0 Å². The molecule has 2 aromatic carbocycles. The highest BCUT2D eigenvalue weighted by Gasteiger charge is 2.15. The van der Waals surface area contributed by atoms with Crippen molar-refractivity contribution in [2.45, 2.75) is 33.5 Å². The summed E-state index contributed by atoms with van der Waals surface area (Å²) in [5.74, 6) is -0.0570. The molecule has 0 atom stereocenters.